The minimum Gasteiger partial charge on any atom is -0.497 e. The van der Waals surface area contributed by atoms with Crippen molar-refractivity contribution >= 4 is 27.7 Å². The van der Waals surface area contributed by atoms with Crippen LogP contribution >= 0.6 is 15.9 Å². The van der Waals surface area contributed by atoms with Gasteiger partial charge in [0.15, 0.2) is 11.6 Å². The highest BCUT2D eigenvalue weighted by Gasteiger charge is 2.54. The molecule has 2 aliphatic heterocycles. The fraction of sp³-hybridized carbons (Fsp3) is 0.355. The van der Waals surface area contributed by atoms with Crippen molar-refractivity contribution in [3.63, 3.8) is 0 Å². The van der Waals surface area contributed by atoms with E-state index in [4.69, 9.17) is 24.3 Å². The number of rotatable bonds is 11. The molecule has 1 saturated heterocycles. The van der Waals surface area contributed by atoms with Crippen molar-refractivity contribution in [2.45, 2.75) is 37.3 Å². The lowest BCUT2D eigenvalue weighted by Crippen LogP contribution is -2.54. The number of carbonyl (C=O) groups excluding carboxylic acids is 1. The van der Waals surface area contributed by atoms with Gasteiger partial charge in [-0.25, -0.2) is 10.0 Å². The topological polar surface area (TPSA) is 92.6 Å². The van der Waals surface area contributed by atoms with Gasteiger partial charge in [0.2, 0.25) is 5.90 Å². The molecule has 210 valence electrons. The lowest BCUT2D eigenvalue weighted by atomic mass is 9.82. The molecule has 3 aromatic carbocycles. The summed E-state index contributed by atoms with van der Waals surface area (Å²) in [7, 11) is 1.62. The molecular formula is C31H34BrN3O5. The van der Waals surface area contributed by atoms with Crippen LogP contribution in [0.2, 0.25) is 0 Å². The molecule has 0 aliphatic carbocycles. The van der Waals surface area contributed by atoms with Crippen LogP contribution in [0, 0.1) is 0 Å². The molecule has 0 bridgehead atoms. The number of hydrazine groups is 1. The van der Waals surface area contributed by atoms with Gasteiger partial charge in [-0.2, -0.15) is 0 Å². The molecule has 8 nitrogen and oxygen atoms in total. The average Bonchev–Trinajstić information content (AvgIpc) is 3.64. The SMILES string of the molecule is COc1cccc([C@@H]2OC(c3ccc(OCCCO)cc3)=N[C@]2(Cc2ccccc2Br)C(=O)NN2CCCC2)c1. The quantitative estimate of drug-likeness (QED) is 0.303. The van der Waals surface area contributed by atoms with E-state index in [0.29, 0.717) is 36.8 Å². The molecule has 1 fully saturated rings. The highest BCUT2D eigenvalue weighted by atomic mass is 79.9. The highest BCUT2D eigenvalue weighted by molar-refractivity contribution is 9.10. The minimum absolute atomic E-state index is 0.0769. The molecule has 9 heteroatoms. The van der Waals surface area contributed by atoms with Crippen molar-refractivity contribution in [2.24, 2.45) is 4.99 Å². The van der Waals surface area contributed by atoms with Crippen molar-refractivity contribution < 1.29 is 24.1 Å². The molecule has 3 aromatic rings. The number of hydrogen-bond donors (Lipinski definition) is 2. The van der Waals surface area contributed by atoms with Crippen LogP contribution < -0.4 is 14.9 Å². The molecule has 5 rings (SSSR count). The van der Waals surface area contributed by atoms with E-state index in [9.17, 15) is 4.79 Å². The third-order valence-corrected chi connectivity index (χ3v) is 7.98. The lowest BCUT2D eigenvalue weighted by Gasteiger charge is -2.32. The zero-order valence-corrected chi connectivity index (χ0v) is 24.1. The van der Waals surface area contributed by atoms with Gasteiger partial charge in [-0.15, -0.1) is 0 Å². The van der Waals surface area contributed by atoms with Crippen molar-refractivity contribution in [1.29, 1.82) is 0 Å². The van der Waals surface area contributed by atoms with Gasteiger partial charge in [-0.05, 0) is 66.4 Å². The number of ether oxygens (including phenoxy) is 3. The van der Waals surface area contributed by atoms with Crippen LogP contribution in [0.5, 0.6) is 11.5 Å². The van der Waals surface area contributed by atoms with Crippen LogP contribution in [0.4, 0.5) is 0 Å². The fourth-order valence-electron chi connectivity index (χ4n) is 5.09. The van der Waals surface area contributed by atoms with Gasteiger partial charge in [0.1, 0.15) is 11.5 Å². The van der Waals surface area contributed by atoms with Crippen LogP contribution in [0.3, 0.4) is 0 Å². The monoisotopic (exact) mass is 607 g/mol. The van der Waals surface area contributed by atoms with Gasteiger partial charge < -0.3 is 19.3 Å². The Morgan fingerprint density at radius 3 is 2.60 bits per heavy atom. The number of aliphatic hydroxyl groups is 1. The predicted molar refractivity (Wildman–Crippen MR) is 157 cm³/mol. The van der Waals surface area contributed by atoms with E-state index in [1.807, 2.05) is 77.8 Å². The van der Waals surface area contributed by atoms with Gasteiger partial charge in [-0.3, -0.25) is 10.2 Å². The third kappa shape index (κ3) is 6.16. The Balaban J connectivity index is 1.58. The van der Waals surface area contributed by atoms with E-state index in [1.165, 1.54) is 0 Å². The number of aliphatic imine (C=N–C) groups is 1. The summed E-state index contributed by atoms with van der Waals surface area (Å²) in [5.74, 6) is 1.54. The van der Waals surface area contributed by atoms with Gasteiger partial charge in [-0.1, -0.05) is 46.3 Å². The van der Waals surface area contributed by atoms with Crippen LogP contribution in [0.1, 0.15) is 42.1 Å². The molecule has 40 heavy (non-hydrogen) atoms. The molecule has 1 amide bonds. The second kappa shape index (κ2) is 12.8. The predicted octanol–water partition coefficient (Wildman–Crippen LogP) is 4.85. The van der Waals surface area contributed by atoms with Crippen LogP contribution in [-0.4, -0.2) is 60.9 Å². The van der Waals surface area contributed by atoms with E-state index in [2.05, 4.69) is 21.4 Å². The van der Waals surface area contributed by atoms with E-state index >= 15 is 0 Å². The summed E-state index contributed by atoms with van der Waals surface area (Å²) < 4.78 is 18.7. The number of methoxy groups -OCH3 is 1. The summed E-state index contributed by atoms with van der Waals surface area (Å²) in [6.45, 7) is 2.11. The number of nitrogens with one attached hydrogen (secondary N) is 1. The van der Waals surface area contributed by atoms with Crippen molar-refractivity contribution in [3.05, 3.63) is 94.0 Å². The standard InChI is InChI=1S/C31H34BrN3O5/c1-38-26-10-6-9-23(20-26)28-31(21-24-8-2-3-11-27(24)32,30(37)34-35-16-4-5-17-35)33-29(40-28)22-12-14-25(15-13-22)39-19-7-18-36/h2-3,6,8-15,20,28,36H,4-5,7,16-19,21H2,1H3,(H,34,37)/t28-,31-/m0/s1. The maximum absolute atomic E-state index is 14.3. The molecule has 0 aromatic heterocycles. The first kappa shape index (κ1) is 28.1. The lowest BCUT2D eigenvalue weighted by molar-refractivity contribution is -0.133. The van der Waals surface area contributed by atoms with Gasteiger partial charge in [0.05, 0.1) is 13.7 Å². The van der Waals surface area contributed by atoms with E-state index in [0.717, 1.165) is 47.1 Å². The van der Waals surface area contributed by atoms with Crippen LogP contribution in [0.25, 0.3) is 0 Å². The fourth-order valence-corrected chi connectivity index (χ4v) is 5.51. The van der Waals surface area contributed by atoms with Crippen LogP contribution in [0.15, 0.2) is 82.3 Å². The van der Waals surface area contributed by atoms with Gasteiger partial charge in [0.25, 0.3) is 5.91 Å². The summed E-state index contributed by atoms with van der Waals surface area (Å²) in [4.78, 5) is 19.4. The number of hydrogen-bond acceptors (Lipinski definition) is 7. The second-order valence-electron chi connectivity index (χ2n) is 9.97. The minimum atomic E-state index is -1.29. The Kier molecular flexibility index (Phi) is 9.04. The van der Waals surface area contributed by atoms with Crippen molar-refractivity contribution in [3.8, 4) is 11.5 Å². The van der Waals surface area contributed by atoms with E-state index in [-0.39, 0.29) is 12.5 Å². The maximum atomic E-state index is 14.3. The summed E-state index contributed by atoms with van der Waals surface area (Å²) in [5.41, 5.74) is 4.36. The number of benzene rings is 3. The molecule has 2 atom stereocenters. The maximum Gasteiger partial charge on any atom is 0.266 e. The summed E-state index contributed by atoms with van der Waals surface area (Å²) in [5, 5.41) is 11.0. The number of halogens is 1. The first-order chi connectivity index (χ1) is 19.5. The summed E-state index contributed by atoms with van der Waals surface area (Å²) >= 11 is 3.68. The first-order valence-electron chi connectivity index (χ1n) is 13.6. The third-order valence-electron chi connectivity index (χ3n) is 7.21. The molecule has 0 spiro atoms. The van der Waals surface area contributed by atoms with Crippen molar-refractivity contribution in [2.75, 3.05) is 33.4 Å². The number of carbonyl (C=O) groups is 1. The van der Waals surface area contributed by atoms with E-state index < -0.39 is 11.6 Å². The normalized spacial score (nSPS) is 20.6. The summed E-state index contributed by atoms with van der Waals surface area (Å²) in [6.07, 6.45) is 2.25. The van der Waals surface area contributed by atoms with Crippen molar-refractivity contribution in [1.82, 2.24) is 10.4 Å². The van der Waals surface area contributed by atoms with Gasteiger partial charge >= 0.3 is 0 Å². The first-order valence-corrected chi connectivity index (χ1v) is 14.4. The largest absolute Gasteiger partial charge is 0.497 e. The molecule has 0 radical (unpaired) electrons. The number of nitrogens with zero attached hydrogens (tertiary/aromatic N) is 2. The molecule has 2 N–H and O–H groups in total. The zero-order chi connectivity index (χ0) is 28.0. The molecular weight excluding hydrogens is 574 g/mol. The summed E-state index contributed by atoms with van der Waals surface area (Å²) in [6, 6.07) is 22.9. The zero-order valence-electron chi connectivity index (χ0n) is 22.5. The van der Waals surface area contributed by atoms with Crippen LogP contribution in [-0.2, 0) is 16.0 Å². The second-order valence-corrected chi connectivity index (χ2v) is 10.8. The van der Waals surface area contributed by atoms with E-state index in [1.54, 1.807) is 7.11 Å². The smallest absolute Gasteiger partial charge is 0.266 e. The molecule has 0 unspecified atom stereocenters. The molecule has 2 aliphatic rings. The Morgan fingerprint density at radius 2 is 1.88 bits per heavy atom. The highest BCUT2D eigenvalue weighted by Crippen LogP contribution is 2.44. The van der Waals surface area contributed by atoms with Gasteiger partial charge in [0, 0.05) is 42.6 Å². The Labute approximate surface area is 243 Å². The Morgan fingerprint density at radius 1 is 1.10 bits per heavy atom. The molecule has 0 saturated carbocycles. The Hall–Kier alpha value is -3.40. The number of aliphatic hydroxyl groups excluding tert-OH is 1. The average molecular weight is 609 g/mol. The molecule has 2 heterocycles. The Bertz CT molecular complexity index is 1340. The number of amides is 1.